The summed E-state index contributed by atoms with van der Waals surface area (Å²) in [4.78, 5) is 13.7. The molecule has 0 aliphatic carbocycles. The first-order valence-electron chi connectivity index (χ1n) is 7.76. The molecular weight excluding hydrogens is 290 g/mol. The van der Waals surface area contributed by atoms with E-state index in [9.17, 15) is 4.79 Å². The smallest absolute Gasteiger partial charge is 0.225 e. The molecule has 4 heteroatoms. The largest absolute Gasteiger partial charge is 0.493 e. The van der Waals surface area contributed by atoms with Crippen molar-refractivity contribution in [1.29, 1.82) is 0 Å². The highest BCUT2D eigenvalue weighted by Gasteiger charge is 2.09. The first kappa shape index (κ1) is 16.9. The summed E-state index contributed by atoms with van der Waals surface area (Å²) >= 11 is 0. The van der Waals surface area contributed by atoms with Gasteiger partial charge in [-0.3, -0.25) is 4.79 Å². The second-order valence-electron chi connectivity index (χ2n) is 5.39. The van der Waals surface area contributed by atoms with Gasteiger partial charge < -0.3 is 14.4 Å². The maximum absolute atomic E-state index is 12.0. The summed E-state index contributed by atoms with van der Waals surface area (Å²) < 4.78 is 11.2. The Morgan fingerprint density at radius 1 is 0.957 bits per heavy atom. The van der Waals surface area contributed by atoms with Crippen LogP contribution in [0, 0.1) is 6.92 Å². The molecule has 23 heavy (non-hydrogen) atoms. The van der Waals surface area contributed by atoms with Crippen molar-refractivity contribution in [3.8, 4) is 11.5 Å². The van der Waals surface area contributed by atoms with Gasteiger partial charge in [0.1, 0.15) is 18.1 Å². The van der Waals surface area contributed by atoms with Gasteiger partial charge in [0.05, 0.1) is 19.6 Å². The highest BCUT2D eigenvalue weighted by molar-refractivity contribution is 5.75. The third kappa shape index (κ3) is 6.02. The number of ether oxygens (including phenoxy) is 2. The topological polar surface area (TPSA) is 38.8 Å². The Kier molecular flexibility index (Phi) is 6.48. The van der Waals surface area contributed by atoms with Crippen LogP contribution in [-0.4, -0.2) is 37.6 Å². The van der Waals surface area contributed by atoms with E-state index in [1.165, 1.54) is 0 Å². The van der Waals surface area contributed by atoms with Crippen LogP contribution in [0.15, 0.2) is 54.6 Å². The van der Waals surface area contributed by atoms with Gasteiger partial charge in [0.15, 0.2) is 0 Å². The van der Waals surface area contributed by atoms with Crippen LogP contribution < -0.4 is 9.47 Å². The van der Waals surface area contributed by atoms with Crippen LogP contribution in [0.2, 0.25) is 0 Å². The van der Waals surface area contributed by atoms with Crippen LogP contribution in [0.3, 0.4) is 0 Å². The zero-order chi connectivity index (χ0) is 16.5. The number of hydrogen-bond acceptors (Lipinski definition) is 3. The molecule has 0 heterocycles. The Morgan fingerprint density at radius 3 is 2.39 bits per heavy atom. The van der Waals surface area contributed by atoms with E-state index in [-0.39, 0.29) is 5.91 Å². The number of aryl methyl sites for hydroxylation is 1. The Labute approximate surface area is 137 Å². The van der Waals surface area contributed by atoms with Crippen LogP contribution in [-0.2, 0) is 4.79 Å². The van der Waals surface area contributed by atoms with Gasteiger partial charge in [0.25, 0.3) is 0 Å². The zero-order valence-electron chi connectivity index (χ0n) is 13.7. The predicted octanol–water partition coefficient (Wildman–Crippen LogP) is 3.30. The van der Waals surface area contributed by atoms with Gasteiger partial charge in [0, 0.05) is 7.05 Å². The Bertz CT molecular complexity index is 613. The molecule has 0 saturated heterocycles. The van der Waals surface area contributed by atoms with Crippen LogP contribution in [0.5, 0.6) is 11.5 Å². The highest BCUT2D eigenvalue weighted by atomic mass is 16.5. The fraction of sp³-hybridized carbons (Fsp3) is 0.316. The lowest BCUT2D eigenvalue weighted by Crippen LogP contribution is -2.31. The maximum Gasteiger partial charge on any atom is 0.225 e. The molecule has 0 aliphatic heterocycles. The molecule has 2 rings (SSSR count). The summed E-state index contributed by atoms with van der Waals surface area (Å²) in [5.74, 6) is 1.66. The molecule has 0 radical (unpaired) electrons. The van der Waals surface area contributed by atoms with Crippen molar-refractivity contribution < 1.29 is 14.3 Å². The number of hydrogen-bond donors (Lipinski definition) is 0. The molecule has 1 amide bonds. The number of nitrogens with zero attached hydrogens (tertiary/aromatic N) is 1. The van der Waals surface area contributed by atoms with Gasteiger partial charge in [-0.2, -0.15) is 0 Å². The van der Waals surface area contributed by atoms with Gasteiger partial charge in [-0.15, -0.1) is 0 Å². The third-order valence-corrected chi connectivity index (χ3v) is 3.44. The van der Waals surface area contributed by atoms with Crippen LogP contribution in [0.4, 0.5) is 0 Å². The number of benzene rings is 2. The summed E-state index contributed by atoms with van der Waals surface area (Å²) in [6.07, 6.45) is 0.357. The van der Waals surface area contributed by atoms with Crippen molar-refractivity contribution in [2.45, 2.75) is 13.3 Å². The van der Waals surface area contributed by atoms with Crippen molar-refractivity contribution in [1.82, 2.24) is 4.90 Å². The molecule has 0 fully saturated rings. The van der Waals surface area contributed by atoms with E-state index in [1.807, 2.05) is 61.5 Å². The quantitative estimate of drug-likeness (QED) is 0.750. The SMILES string of the molecule is Cc1cccc(OCCN(C)C(=O)CCOc2ccccc2)c1. The van der Waals surface area contributed by atoms with Crippen molar-refractivity contribution in [3.05, 3.63) is 60.2 Å². The molecule has 0 aliphatic rings. The molecule has 4 nitrogen and oxygen atoms in total. The molecule has 0 N–H and O–H groups in total. The van der Waals surface area contributed by atoms with E-state index in [1.54, 1.807) is 11.9 Å². The van der Waals surface area contributed by atoms with E-state index in [0.29, 0.717) is 26.2 Å². The molecule has 0 bridgehead atoms. The molecule has 2 aromatic carbocycles. The third-order valence-electron chi connectivity index (χ3n) is 3.44. The minimum absolute atomic E-state index is 0.0498. The molecule has 0 saturated carbocycles. The van der Waals surface area contributed by atoms with Crippen molar-refractivity contribution in [3.63, 3.8) is 0 Å². The van der Waals surface area contributed by atoms with Crippen LogP contribution >= 0.6 is 0 Å². The van der Waals surface area contributed by atoms with E-state index in [2.05, 4.69) is 0 Å². The number of para-hydroxylation sites is 1. The average molecular weight is 313 g/mol. The highest BCUT2D eigenvalue weighted by Crippen LogP contribution is 2.12. The minimum Gasteiger partial charge on any atom is -0.493 e. The minimum atomic E-state index is 0.0498. The lowest BCUT2D eigenvalue weighted by molar-refractivity contribution is -0.130. The fourth-order valence-corrected chi connectivity index (χ4v) is 2.09. The van der Waals surface area contributed by atoms with Crippen LogP contribution in [0.25, 0.3) is 0 Å². The lowest BCUT2D eigenvalue weighted by Gasteiger charge is -2.17. The van der Waals surface area contributed by atoms with E-state index < -0.39 is 0 Å². The number of likely N-dealkylation sites (N-methyl/N-ethyl adjacent to an activating group) is 1. The fourth-order valence-electron chi connectivity index (χ4n) is 2.09. The second-order valence-corrected chi connectivity index (χ2v) is 5.39. The maximum atomic E-state index is 12.0. The Balaban J connectivity index is 1.64. The Morgan fingerprint density at radius 2 is 1.65 bits per heavy atom. The summed E-state index contributed by atoms with van der Waals surface area (Å²) in [7, 11) is 1.78. The van der Waals surface area contributed by atoms with Crippen molar-refractivity contribution in [2.24, 2.45) is 0 Å². The first-order valence-corrected chi connectivity index (χ1v) is 7.76. The van der Waals surface area contributed by atoms with Gasteiger partial charge in [-0.05, 0) is 36.8 Å². The summed E-state index contributed by atoms with van der Waals surface area (Å²) in [5.41, 5.74) is 1.16. The average Bonchev–Trinajstić information content (AvgIpc) is 2.55. The normalized spacial score (nSPS) is 10.2. The molecule has 0 unspecified atom stereocenters. The van der Waals surface area contributed by atoms with E-state index in [4.69, 9.17) is 9.47 Å². The summed E-state index contributed by atoms with van der Waals surface area (Å²) in [6.45, 7) is 3.44. The summed E-state index contributed by atoms with van der Waals surface area (Å²) in [5, 5.41) is 0. The van der Waals surface area contributed by atoms with E-state index in [0.717, 1.165) is 17.1 Å². The number of carbonyl (C=O) groups is 1. The molecular formula is C19H23NO3. The van der Waals surface area contributed by atoms with Gasteiger partial charge in [-0.25, -0.2) is 0 Å². The monoisotopic (exact) mass is 313 g/mol. The van der Waals surface area contributed by atoms with E-state index >= 15 is 0 Å². The first-order chi connectivity index (χ1) is 11.1. The molecule has 122 valence electrons. The van der Waals surface area contributed by atoms with Crippen molar-refractivity contribution >= 4 is 5.91 Å². The molecule has 0 spiro atoms. The molecule has 0 aromatic heterocycles. The second kappa shape index (κ2) is 8.83. The summed E-state index contributed by atoms with van der Waals surface area (Å²) in [6, 6.07) is 17.4. The Hall–Kier alpha value is -2.49. The van der Waals surface area contributed by atoms with Crippen LogP contribution in [0.1, 0.15) is 12.0 Å². The number of carbonyl (C=O) groups excluding carboxylic acids is 1. The standard InChI is InChI=1S/C19H23NO3/c1-16-7-6-10-18(15-16)23-14-12-20(2)19(21)11-13-22-17-8-4-3-5-9-17/h3-10,15H,11-14H2,1-2H3. The van der Waals surface area contributed by atoms with Gasteiger partial charge >= 0.3 is 0 Å². The molecule has 2 aromatic rings. The lowest BCUT2D eigenvalue weighted by atomic mass is 10.2. The zero-order valence-corrected chi connectivity index (χ0v) is 13.7. The van der Waals surface area contributed by atoms with Crippen molar-refractivity contribution in [2.75, 3.05) is 26.8 Å². The van der Waals surface area contributed by atoms with Gasteiger partial charge in [-0.1, -0.05) is 30.3 Å². The predicted molar refractivity (Wildman–Crippen MR) is 90.9 cm³/mol. The number of rotatable bonds is 8. The van der Waals surface area contributed by atoms with Gasteiger partial charge in [0.2, 0.25) is 5.91 Å². The number of amides is 1. The molecule has 0 atom stereocenters.